The molecule has 1 aromatic heterocycles. The number of para-hydroxylation sites is 1. The Balaban J connectivity index is 1.37. The summed E-state index contributed by atoms with van der Waals surface area (Å²) in [6, 6.07) is 16.9. The number of ether oxygens (including phenoxy) is 1. The SMILES string of the molecule is c1ccc(-c2c[nH]cn2)c(OCCc2ccc(N3CCCC3)cc2)c1. The Morgan fingerprint density at radius 1 is 1.00 bits per heavy atom. The van der Waals surface area contributed by atoms with Crippen molar-refractivity contribution in [2.24, 2.45) is 0 Å². The highest BCUT2D eigenvalue weighted by Gasteiger charge is 2.12. The lowest BCUT2D eigenvalue weighted by Gasteiger charge is -2.17. The second kappa shape index (κ2) is 7.43. The Hall–Kier alpha value is -2.75. The van der Waals surface area contributed by atoms with Crippen LogP contribution in [-0.2, 0) is 6.42 Å². The van der Waals surface area contributed by atoms with Crippen molar-refractivity contribution in [2.75, 3.05) is 24.6 Å². The molecule has 4 heteroatoms. The molecule has 0 atom stereocenters. The van der Waals surface area contributed by atoms with Crippen LogP contribution in [0.1, 0.15) is 18.4 Å². The first-order chi connectivity index (χ1) is 12.4. The van der Waals surface area contributed by atoms with Gasteiger partial charge in [-0.05, 0) is 42.7 Å². The molecule has 128 valence electrons. The van der Waals surface area contributed by atoms with Crippen LogP contribution in [0, 0.1) is 0 Å². The third-order valence-corrected chi connectivity index (χ3v) is 4.72. The number of hydrogen-bond acceptors (Lipinski definition) is 3. The van der Waals surface area contributed by atoms with Crippen LogP contribution in [0.4, 0.5) is 5.69 Å². The quantitative estimate of drug-likeness (QED) is 0.731. The molecule has 0 bridgehead atoms. The van der Waals surface area contributed by atoms with Gasteiger partial charge in [0.05, 0.1) is 18.6 Å². The second-order valence-corrected chi connectivity index (χ2v) is 6.41. The van der Waals surface area contributed by atoms with Gasteiger partial charge in [0, 0.05) is 37.0 Å². The molecule has 0 spiro atoms. The summed E-state index contributed by atoms with van der Waals surface area (Å²) < 4.78 is 6.03. The summed E-state index contributed by atoms with van der Waals surface area (Å²) >= 11 is 0. The highest BCUT2D eigenvalue weighted by Crippen LogP contribution is 2.28. The van der Waals surface area contributed by atoms with E-state index in [-0.39, 0.29) is 0 Å². The minimum Gasteiger partial charge on any atom is -0.493 e. The molecule has 0 amide bonds. The van der Waals surface area contributed by atoms with Crippen molar-refractivity contribution < 1.29 is 4.74 Å². The average molecular weight is 333 g/mol. The normalized spacial score (nSPS) is 14.0. The lowest BCUT2D eigenvalue weighted by atomic mass is 10.1. The number of aromatic amines is 1. The van der Waals surface area contributed by atoms with Crippen LogP contribution < -0.4 is 9.64 Å². The fourth-order valence-corrected chi connectivity index (χ4v) is 3.34. The number of rotatable bonds is 6. The molecule has 25 heavy (non-hydrogen) atoms. The van der Waals surface area contributed by atoms with Gasteiger partial charge in [0.25, 0.3) is 0 Å². The Labute approximate surface area is 148 Å². The van der Waals surface area contributed by atoms with Crippen molar-refractivity contribution in [3.8, 4) is 17.0 Å². The number of benzene rings is 2. The largest absolute Gasteiger partial charge is 0.493 e. The minimum absolute atomic E-state index is 0.657. The van der Waals surface area contributed by atoms with E-state index >= 15 is 0 Å². The van der Waals surface area contributed by atoms with E-state index in [0.717, 1.165) is 23.4 Å². The Morgan fingerprint density at radius 2 is 1.80 bits per heavy atom. The summed E-state index contributed by atoms with van der Waals surface area (Å²) in [5, 5.41) is 0. The number of imidazole rings is 1. The van der Waals surface area contributed by atoms with Gasteiger partial charge in [-0.25, -0.2) is 4.98 Å². The van der Waals surface area contributed by atoms with Gasteiger partial charge < -0.3 is 14.6 Å². The Morgan fingerprint density at radius 3 is 2.56 bits per heavy atom. The molecule has 1 aliphatic heterocycles. The van der Waals surface area contributed by atoms with Gasteiger partial charge in [0.2, 0.25) is 0 Å². The smallest absolute Gasteiger partial charge is 0.128 e. The van der Waals surface area contributed by atoms with Crippen LogP contribution in [0.15, 0.2) is 61.1 Å². The van der Waals surface area contributed by atoms with Gasteiger partial charge in [-0.15, -0.1) is 0 Å². The van der Waals surface area contributed by atoms with E-state index in [9.17, 15) is 0 Å². The number of H-pyrrole nitrogens is 1. The summed E-state index contributed by atoms with van der Waals surface area (Å²) in [5.41, 5.74) is 4.57. The van der Waals surface area contributed by atoms with Gasteiger partial charge in [0.15, 0.2) is 0 Å². The molecular weight excluding hydrogens is 310 g/mol. The maximum Gasteiger partial charge on any atom is 0.128 e. The zero-order valence-corrected chi connectivity index (χ0v) is 14.3. The lowest BCUT2D eigenvalue weighted by molar-refractivity contribution is 0.323. The van der Waals surface area contributed by atoms with E-state index in [1.54, 1.807) is 6.33 Å². The second-order valence-electron chi connectivity index (χ2n) is 6.41. The summed E-state index contributed by atoms with van der Waals surface area (Å²) in [6.07, 6.45) is 7.10. The molecule has 2 heterocycles. The molecule has 4 nitrogen and oxygen atoms in total. The summed E-state index contributed by atoms with van der Waals surface area (Å²) in [6.45, 7) is 3.03. The number of nitrogens with one attached hydrogen (secondary N) is 1. The lowest BCUT2D eigenvalue weighted by Crippen LogP contribution is -2.17. The fourth-order valence-electron chi connectivity index (χ4n) is 3.34. The van der Waals surface area contributed by atoms with Gasteiger partial charge >= 0.3 is 0 Å². The third-order valence-electron chi connectivity index (χ3n) is 4.72. The Bertz CT molecular complexity index is 790. The van der Waals surface area contributed by atoms with E-state index in [4.69, 9.17) is 4.74 Å². The van der Waals surface area contributed by atoms with Crippen LogP contribution in [0.25, 0.3) is 11.3 Å². The zero-order valence-electron chi connectivity index (χ0n) is 14.3. The van der Waals surface area contributed by atoms with Crippen molar-refractivity contribution >= 4 is 5.69 Å². The number of nitrogens with zero attached hydrogens (tertiary/aromatic N) is 2. The van der Waals surface area contributed by atoms with Crippen molar-refractivity contribution in [1.82, 2.24) is 9.97 Å². The first-order valence-corrected chi connectivity index (χ1v) is 8.95. The minimum atomic E-state index is 0.657. The Kier molecular flexibility index (Phi) is 4.68. The van der Waals surface area contributed by atoms with E-state index in [0.29, 0.717) is 6.61 Å². The first kappa shape index (κ1) is 15.8. The molecule has 3 aromatic rings. The number of hydrogen-bond donors (Lipinski definition) is 1. The zero-order chi connectivity index (χ0) is 16.9. The number of aromatic nitrogens is 2. The van der Waals surface area contributed by atoms with Gasteiger partial charge in [-0.2, -0.15) is 0 Å². The van der Waals surface area contributed by atoms with Crippen LogP contribution in [0.2, 0.25) is 0 Å². The predicted molar refractivity (Wildman–Crippen MR) is 101 cm³/mol. The standard InChI is InChI=1S/C21H23N3O/c1-2-6-21(19(5-1)20-15-22-16-23-20)25-14-11-17-7-9-18(10-8-17)24-12-3-4-13-24/h1-2,5-10,15-16H,3-4,11-14H2,(H,22,23). The molecule has 0 radical (unpaired) electrons. The average Bonchev–Trinajstić information content (AvgIpc) is 3.37. The van der Waals surface area contributed by atoms with E-state index in [2.05, 4.69) is 39.1 Å². The molecule has 0 unspecified atom stereocenters. The van der Waals surface area contributed by atoms with E-state index in [1.807, 2.05) is 30.5 Å². The van der Waals surface area contributed by atoms with Crippen molar-refractivity contribution in [3.05, 3.63) is 66.6 Å². The maximum atomic E-state index is 6.03. The third kappa shape index (κ3) is 3.68. The fraction of sp³-hybridized carbons (Fsp3) is 0.286. The predicted octanol–water partition coefficient (Wildman–Crippen LogP) is 4.30. The van der Waals surface area contributed by atoms with E-state index in [1.165, 1.54) is 37.2 Å². The van der Waals surface area contributed by atoms with Gasteiger partial charge in [-0.3, -0.25) is 0 Å². The molecule has 1 saturated heterocycles. The van der Waals surface area contributed by atoms with Crippen LogP contribution in [0.3, 0.4) is 0 Å². The van der Waals surface area contributed by atoms with Crippen molar-refractivity contribution in [1.29, 1.82) is 0 Å². The monoisotopic (exact) mass is 333 g/mol. The molecule has 1 aliphatic rings. The summed E-state index contributed by atoms with van der Waals surface area (Å²) in [4.78, 5) is 9.77. The van der Waals surface area contributed by atoms with E-state index < -0.39 is 0 Å². The van der Waals surface area contributed by atoms with Gasteiger partial charge in [-0.1, -0.05) is 24.3 Å². The highest BCUT2D eigenvalue weighted by atomic mass is 16.5. The molecule has 2 aromatic carbocycles. The summed E-state index contributed by atoms with van der Waals surface area (Å²) in [7, 11) is 0. The first-order valence-electron chi connectivity index (χ1n) is 8.95. The molecule has 0 aliphatic carbocycles. The number of anilines is 1. The van der Waals surface area contributed by atoms with Crippen LogP contribution >= 0.6 is 0 Å². The maximum absolute atomic E-state index is 6.03. The van der Waals surface area contributed by atoms with Crippen LogP contribution in [0.5, 0.6) is 5.75 Å². The molecular formula is C21H23N3O. The van der Waals surface area contributed by atoms with Crippen molar-refractivity contribution in [3.63, 3.8) is 0 Å². The highest BCUT2D eigenvalue weighted by molar-refractivity contribution is 5.66. The van der Waals surface area contributed by atoms with Crippen LogP contribution in [-0.4, -0.2) is 29.7 Å². The summed E-state index contributed by atoms with van der Waals surface area (Å²) in [5.74, 6) is 0.878. The van der Waals surface area contributed by atoms with Crippen molar-refractivity contribution in [2.45, 2.75) is 19.3 Å². The van der Waals surface area contributed by atoms with Gasteiger partial charge in [0.1, 0.15) is 5.75 Å². The molecule has 1 fully saturated rings. The molecule has 0 saturated carbocycles. The molecule has 1 N–H and O–H groups in total. The topological polar surface area (TPSA) is 41.1 Å². The molecule has 4 rings (SSSR count).